The molecule has 0 aromatic heterocycles. The number of guanidine groups is 1. The van der Waals surface area contributed by atoms with E-state index in [0.29, 0.717) is 12.0 Å². The molecule has 0 spiro atoms. The van der Waals surface area contributed by atoms with Crippen molar-refractivity contribution in [1.82, 2.24) is 15.5 Å². The number of ether oxygens (including phenoxy) is 1. The lowest BCUT2D eigenvalue weighted by Gasteiger charge is -2.22. The molecule has 1 aromatic carbocycles. The van der Waals surface area contributed by atoms with E-state index in [-0.39, 0.29) is 24.0 Å². The third-order valence-electron chi connectivity index (χ3n) is 4.82. The van der Waals surface area contributed by atoms with E-state index < -0.39 is 0 Å². The van der Waals surface area contributed by atoms with Gasteiger partial charge in [0, 0.05) is 30.3 Å². The van der Waals surface area contributed by atoms with E-state index in [1.807, 2.05) is 30.9 Å². The summed E-state index contributed by atoms with van der Waals surface area (Å²) in [4.78, 5) is 8.05. The lowest BCUT2D eigenvalue weighted by atomic mass is 10.2. The van der Waals surface area contributed by atoms with Crippen molar-refractivity contribution in [3.8, 4) is 5.75 Å². The number of thioether (sulfide) groups is 1. The third-order valence-corrected chi connectivity index (χ3v) is 6.21. The number of hydrogen-bond acceptors (Lipinski definition) is 4. The Kier molecular flexibility index (Phi) is 16.7. The van der Waals surface area contributed by atoms with E-state index in [1.54, 1.807) is 7.11 Å². The van der Waals surface area contributed by atoms with Crippen LogP contribution in [0.4, 0.5) is 0 Å². The third kappa shape index (κ3) is 11.9. The molecule has 0 aliphatic rings. The smallest absolute Gasteiger partial charge is 0.191 e. The molecule has 0 amide bonds. The topological polar surface area (TPSA) is 48.9 Å². The van der Waals surface area contributed by atoms with Gasteiger partial charge in [-0.25, -0.2) is 0 Å². The number of methoxy groups -OCH3 is 1. The normalized spacial score (nSPS) is 13.6. The van der Waals surface area contributed by atoms with Gasteiger partial charge in [0.05, 0.1) is 7.11 Å². The van der Waals surface area contributed by atoms with Gasteiger partial charge in [-0.3, -0.25) is 4.99 Å². The number of aliphatic imine (C=N–C) groups is 1. The molecule has 0 heterocycles. The SMILES string of the molecule is CCN(CC)CCCC(C)NC(=NC)NCC(C)CSc1ccccc1OC.I. The fourth-order valence-electron chi connectivity index (χ4n) is 2.96. The van der Waals surface area contributed by atoms with Crippen molar-refractivity contribution < 1.29 is 4.74 Å². The Balaban J connectivity index is 0.00000784. The van der Waals surface area contributed by atoms with Crippen molar-refractivity contribution in [3.05, 3.63) is 24.3 Å². The summed E-state index contributed by atoms with van der Waals surface area (Å²) in [5.74, 6) is 3.39. The van der Waals surface area contributed by atoms with Crippen LogP contribution in [0.5, 0.6) is 5.75 Å². The van der Waals surface area contributed by atoms with Crippen molar-refractivity contribution in [2.75, 3.05) is 46.1 Å². The monoisotopic (exact) mass is 536 g/mol. The van der Waals surface area contributed by atoms with E-state index in [4.69, 9.17) is 4.74 Å². The zero-order valence-electron chi connectivity index (χ0n) is 19.0. The van der Waals surface area contributed by atoms with E-state index in [2.05, 4.69) is 60.4 Å². The Bertz CT molecular complexity index is 569. The lowest BCUT2D eigenvalue weighted by molar-refractivity contribution is 0.292. The van der Waals surface area contributed by atoms with Crippen LogP contribution >= 0.6 is 35.7 Å². The lowest BCUT2D eigenvalue weighted by Crippen LogP contribution is -2.44. The Labute approximate surface area is 199 Å². The molecule has 2 unspecified atom stereocenters. The van der Waals surface area contributed by atoms with Crippen molar-refractivity contribution in [2.24, 2.45) is 10.9 Å². The van der Waals surface area contributed by atoms with Crippen LogP contribution in [0.25, 0.3) is 0 Å². The molecule has 1 aromatic rings. The highest BCUT2D eigenvalue weighted by Crippen LogP contribution is 2.29. The first-order chi connectivity index (χ1) is 13.5. The fraction of sp³-hybridized carbons (Fsp3) is 0.682. The van der Waals surface area contributed by atoms with Gasteiger partial charge >= 0.3 is 0 Å². The van der Waals surface area contributed by atoms with E-state index in [1.165, 1.54) is 17.9 Å². The zero-order chi connectivity index (χ0) is 20.8. The van der Waals surface area contributed by atoms with Crippen LogP contribution in [-0.2, 0) is 0 Å². The van der Waals surface area contributed by atoms with Crippen LogP contribution in [-0.4, -0.2) is 63.0 Å². The average Bonchev–Trinajstić information content (AvgIpc) is 2.72. The zero-order valence-corrected chi connectivity index (χ0v) is 22.2. The largest absolute Gasteiger partial charge is 0.496 e. The van der Waals surface area contributed by atoms with E-state index in [9.17, 15) is 0 Å². The number of hydrogen-bond donors (Lipinski definition) is 2. The second-order valence-electron chi connectivity index (χ2n) is 7.23. The summed E-state index contributed by atoms with van der Waals surface area (Å²) in [5, 5.41) is 6.99. The predicted octanol–water partition coefficient (Wildman–Crippen LogP) is 4.72. The number of nitrogens with zero attached hydrogens (tertiary/aromatic N) is 2. The molecule has 2 atom stereocenters. The molecule has 0 aliphatic carbocycles. The molecule has 0 aliphatic heterocycles. The maximum absolute atomic E-state index is 5.43. The number of rotatable bonds is 13. The van der Waals surface area contributed by atoms with Gasteiger partial charge in [-0.05, 0) is 57.5 Å². The first-order valence-electron chi connectivity index (χ1n) is 10.5. The maximum Gasteiger partial charge on any atom is 0.191 e. The van der Waals surface area contributed by atoms with Crippen LogP contribution in [0.3, 0.4) is 0 Å². The summed E-state index contributed by atoms with van der Waals surface area (Å²) in [6.07, 6.45) is 2.36. The Morgan fingerprint density at radius 1 is 1.21 bits per heavy atom. The van der Waals surface area contributed by atoms with Gasteiger partial charge in [0.1, 0.15) is 5.75 Å². The van der Waals surface area contributed by atoms with Gasteiger partial charge in [0.15, 0.2) is 5.96 Å². The fourth-order valence-corrected chi connectivity index (χ4v) is 4.01. The summed E-state index contributed by atoms with van der Waals surface area (Å²) in [6.45, 7) is 13.3. The van der Waals surface area contributed by atoms with Gasteiger partial charge in [-0.15, -0.1) is 35.7 Å². The highest BCUT2D eigenvalue weighted by molar-refractivity contribution is 14.0. The molecular weight excluding hydrogens is 495 g/mol. The minimum Gasteiger partial charge on any atom is -0.496 e. The number of nitrogens with one attached hydrogen (secondary N) is 2. The molecule has 0 saturated carbocycles. The number of para-hydroxylation sites is 1. The molecule has 168 valence electrons. The van der Waals surface area contributed by atoms with E-state index in [0.717, 1.165) is 43.5 Å². The maximum atomic E-state index is 5.43. The Hall–Kier alpha value is -0.670. The van der Waals surface area contributed by atoms with Crippen molar-refractivity contribution in [1.29, 1.82) is 0 Å². The van der Waals surface area contributed by atoms with Crippen molar-refractivity contribution in [3.63, 3.8) is 0 Å². The van der Waals surface area contributed by atoms with Crippen molar-refractivity contribution >= 4 is 41.7 Å². The average molecular weight is 537 g/mol. The highest BCUT2D eigenvalue weighted by atomic mass is 127. The molecule has 2 N–H and O–H groups in total. The minimum atomic E-state index is 0. The molecule has 0 saturated heterocycles. The predicted molar refractivity (Wildman–Crippen MR) is 139 cm³/mol. The molecule has 1 rings (SSSR count). The van der Waals surface area contributed by atoms with Gasteiger partial charge < -0.3 is 20.3 Å². The van der Waals surface area contributed by atoms with Crippen LogP contribution in [0.15, 0.2) is 34.2 Å². The summed E-state index contributed by atoms with van der Waals surface area (Å²) in [6, 6.07) is 8.61. The first-order valence-corrected chi connectivity index (χ1v) is 11.5. The first kappa shape index (κ1) is 28.3. The van der Waals surface area contributed by atoms with Crippen LogP contribution in [0.1, 0.15) is 40.5 Å². The number of benzene rings is 1. The molecular formula is C22H41IN4OS. The van der Waals surface area contributed by atoms with Crippen LogP contribution < -0.4 is 15.4 Å². The molecule has 0 radical (unpaired) electrons. The molecule has 29 heavy (non-hydrogen) atoms. The summed E-state index contributed by atoms with van der Waals surface area (Å²) in [7, 11) is 3.56. The Morgan fingerprint density at radius 2 is 1.90 bits per heavy atom. The van der Waals surface area contributed by atoms with Gasteiger partial charge in [-0.1, -0.05) is 32.9 Å². The van der Waals surface area contributed by atoms with Gasteiger partial charge in [-0.2, -0.15) is 0 Å². The second kappa shape index (κ2) is 17.1. The quantitative estimate of drug-likeness (QED) is 0.166. The summed E-state index contributed by atoms with van der Waals surface area (Å²) < 4.78 is 5.43. The number of halogens is 1. The minimum absolute atomic E-state index is 0. The second-order valence-corrected chi connectivity index (χ2v) is 8.30. The van der Waals surface area contributed by atoms with Crippen LogP contribution in [0, 0.1) is 5.92 Å². The summed E-state index contributed by atoms with van der Waals surface area (Å²) in [5.41, 5.74) is 0. The van der Waals surface area contributed by atoms with Gasteiger partial charge in [0.2, 0.25) is 0 Å². The highest BCUT2D eigenvalue weighted by Gasteiger charge is 2.10. The molecule has 7 heteroatoms. The standard InChI is InChI=1S/C22H40N4OS.HI/c1-7-26(8-2)15-11-12-19(4)25-22(23-5)24-16-18(3)17-28-21-14-10-9-13-20(21)27-6;/h9-10,13-14,18-19H,7-8,11-12,15-17H2,1-6H3,(H2,23,24,25);1H. The molecule has 5 nitrogen and oxygen atoms in total. The van der Waals surface area contributed by atoms with Gasteiger partial charge in [0.25, 0.3) is 0 Å². The summed E-state index contributed by atoms with van der Waals surface area (Å²) >= 11 is 1.84. The van der Waals surface area contributed by atoms with E-state index >= 15 is 0 Å². The van der Waals surface area contributed by atoms with Crippen LogP contribution in [0.2, 0.25) is 0 Å². The Morgan fingerprint density at radius 3 is 2.52 bits per heavy atom. The molecule has 0 fully saturated rings. The van der Waals surface area contributed by atoms with Crippen molar-refractivity contribution in [2.45, 2.75) is 51.5 Å². The molecule has 0 bridgehead atoms.